The Labute approximate surface area is 96.6 Å². The summed E-state index contributed by atoms with van der Waals surface area (Å²) < 4.78 is 4.55. The molecule has 0 aliphatic rings. The van der Waals surface area contributed by atoms with Crippen LogP contribution in [0.3, 0.4) is 0 Å². The number of nitrogens with one attached hydrogen (secondary N) is 1. The average Bonchev–Trinajstić information content (AvgIpc) is 2.85. The first-order chi connectivity index (χ1) is 8.20. The van der Waals surface area contributed by atoms with Crippen molar-refractivity contribution < 1.29 is 9.32 Å². The average molecular weight is 228 g/mol. The number of carbonyl (C=O) groups is 1. The molecule has 0 unspecified atom stereocenters. The number of nitrogen functional groups attached to an aromatic ring is 1. The highest BCUT2D eigenvalue weighted by Gasteiger charge is 2.11. The number of amides is 1. The van der Waals surface area contributed by atoms with Gasteiger partial charge >= 0.3 is 0 Å². The molecule has 1 amide bonds. The molecule has 84 valence electrons. The molecule has 0 spiro atoms. The Morgan fingerprint density at radius 2 is 2.29 bits per heavy atom. The lowest BCUT2D eigenvalue weighted by atomic mass is 10.1. The molecule has 3 N–H and O–H groups in total. The van der Waals surface area contributed by atoms with Gasteiger partial charge in [-0.1, -0.05) is 5.16 Å². The van der Waals surface area contributed by atoms with E-state index in [2.05, 4.69) is 15.0 Å². The Bertz CT molecular complexity index is 584. The van der Waals surface area contributed by atoms with Crippen LogP contribution in [-0.2, 0) is 0 Å². The van der Waals surface area contributed by atoms with Crippen LogP contribution in [0.2, 0.25) is 0 Å². The standard InChI is InChI=1S/C11H8N4O2/c12-6-7-5-8(13)1-2-9(7)14-11(16)10-3-4-17-15-10/h1-5H,13H2,(H,14,16). The van der Waals surface area contributed by atoms with Crippen molar-refractivity contribution in [1.82, 2.24) is 5.16 Å². The third-order valence-corrected chi connectivity index (χ3v) is 2.08. The van der Waals surface area contributed by atoms with E-state index in [0.717, 1.165) is 0 Å². The van der Waals surface area contributed by atoms with E-state index >= 15 is 0 Å². The number of anilines is 2. The van der Waals surface area contributed by atoms with Crippen LogP contribution >= 0.6 is 0 Å². The van der Waals surface area contributed by atoms with Crippen molar-refractivity contribution in [3.05, 3.63) is 41.8 Å². The number of nitrogens with two attached hydrogens (primary N) is 1. The van der Waals surface area contributed by atoms with Crippen LogP contribution in [0.15, 0.2) is 35.1 Å². The Morgan fingerprint density at radius 3 is 2.94 bits per heavy atom. The SMILES string of the molecule is N#Cc1cc(N)ccc1NC(=O)c1ccon1. The molecule has 0 saturated heterocycles. The molecule has 17 heavy (non-hydrogen) atoms. The van der Waals surface area contributed by atoms with Crippen molar-refractivity contribution >= 4 is 17.3 Å². The Hall–Kier alpha value is -2.81. The number of aromatic nitrogens is 1. The summed E-state index contributed by atoms with van der Waals surface area (Å²) in [6.07, 6.45) is 1.29. The fourth-order valence-electron chi connectivity index (χ4n) is 1.28. The second kappa shape index (κ2) is 4.37. The molecule has 0 aliphatic heterocycles. The molecule has 2 aromatic rings. The lowest BCUT2D eigenvalue weighted by Gasteiger charge is -2.05. The van der Waals surface area contributed by atoms with Crippen LogP contribution in [0.5, 0.6) is 0 Å². The van der Waals surface area contributed by atoms with Crippen molar-refractivity contribution in [1.29, 1.82) is 5.26 Å². The van der Waals surface area contributed by atoms with E-state index in [4.69, 9.17) is 11.0 Å². The van der Waals surface area contributed by atoms with E-state index in [1.165, 1.54) is 18.4 Å². The van der Waals surface area contributed by atoms with Crippen molar-refractivity contribution in [3.63, 3.8) is 0 Å². The molecule has 0 atom stereocenters. The number of hydrogen-bond acceptors (Lipinski definition) is 5. The largest absolute Gasteiger partial charge is 0.399 e. The van der Waals surface area contributed by atoms with E-state index in [0.29, 0.717) is 16.9 Å². The molecule has 0 bridgehead atoms. The molecule has 6 heteroatoms. The highest BCUT2D eigenvalue weighted by Crippen LogP contribution is 2.18. The first-order valence-corrected chi connectivity index (χ1v) is 4.72. The minimum Gasteiger partial charge on any atom is -0.399 e. The molecular weight excluding hydrogens is 220 g/mol. The second-order valence-electron chi connectivity index (χ2n) is 3.26. The van der Waals surface area contributed by atoms with Gasteiger partial charge in [-0.2, -0.15) is 5.26 Å². The van der Waals surface area contributed by atoms with E-state index in [-0.39, 0.29) is 5.69 Å². The lowest BCUT2D eigenvalue weighted by molar-refractivity contribution is 0.101. The summed E-state index contributed by atoms with van der Waals surface area (Å²) in [6.45, 7) is 0. The number of rotatable bonds is 2. The van der Waals surface area contributed by atoms with E-state index in [9.17, 15) is 4.79 Å². The molecule has 0 saturated carbocycles. The summed E-state index contributed by atoms with van der Waals surface area (Å²) >= 11 is 0. The van der Waals surface area contributed by atoms with Gasteiger partial charge in [-0.05, 0) is 18.2 Å². The molecule has 2 rings (SSSR count). The van der Waals surface area contributed by atoms with Crippen LogP contribution in [0, 0.1) is 11.3 Å². The number of carbonyl (C=O) groups excluding carboxylic acids is 1. The van der Waals surface area contributed by atoms with Gasteiger partial charge in [-0.3, -0.25) is 4.79 Å². The van der Waals surface area contributed by atoms with Crippen LogP contribution in [0.25, 0.3) is 0 Å². The minimum atomic E-state index is -0.444. The molecule has 6 nitrogen and oxygen atoms in total. The topological polar surface area (TPSA) is 105 Å². The lowest BCUT2D eigenvalue weighted by Crippen LogP contribution is -2.13. The van der Waals surface area contributed by atoms with E-state index in [1.807, 2.05) is 6.07 Å². The van der Waals surface area contributed by atoms with Gasteiger partial charge in [0, 0.05) is 11.8 Å². The predicted octanol–water partition coefficient (Wildman–Crippen LogP) is 1.38. The number of nitriles is 1. The summed E-state index contributed by atoms with van der Waals surface area (Å²) in [6, 6.07) is 8.02. The normalized spacial score (nSPS) is 9.59. The Morgan fingerprint density at radius 1 is 1.47 bits per heavy atom. The first-order valence-electron chi connectivity index (χ1n) is 4.72. The fraction of sp³-hybridized carbons (Fsp3) is 0. The summed E-state index contributed by atoms with van der Waals surface area (Å²) in [4.78, 5) is 11.7. The van der Waals surface area contributed by atoms with Crippen LogP contribution in [0.1, 0.15) is 16.1 Å². The Balaban J connectivity index is 2.25. The maximum atomic E-state index is 11.7. The highest BCUT2D eigenvalue weighted by molar-refractivity contribution is 6.03. The van der Waals surface area contributed by atoms with E-state index in [1.54, 1.807) is 12.1 Å². The molecule has 0 fully saturated rings. The third-order valence-electron chi connectivity index (χ3n) is 2.08. The maximum Gasteiger partial charge on any atom is 0.277 e. The zero-order valence-electron chi connectivity index (χ0n) is 8.68. The zero-order chi connectivity index (χ0) is 12.3. The molecule has 0 aliphatic carbocycles. The first kappa shape index (κ1) is 10.7. The molecule has 1 aromatic heterocycles. The monoisotopic (exact) mass is 228 g/mol. The smallest absolute Gasteiger partial charge is 0.277 e. The summed E-state index contributed by atoms with van der Waals surface area (Å²) in [5, 5.41) is 14.9. The van der Waals surface area contributed by atoms with Crippen LogP contribution < -0.4 is 11.1 Å². The van der Waals surface area contributed by atoms with Gasteiger partial charge in [0.2, 0.25) is 0 Å². The summed E-state index contributed by atoms with van der Waals surface area (Å²) in [7, 11) is 0. The van der Waals surface area contributed by atoms with Crippen molar-refractivity contribution in [2.45, 2.75) is 0 Å². The molecular formula is C11H8N4O2. The van der Waals surface area contributed by atoms with Gasteiger partial charge in [0.25, 0.3) is 5.91 Å². The van der Waals surface area contributed by atoms with Crippen LogP contribution in [0.4, 0.5) is 11.4 Å². The third kappa shape index (κ3) is 2.23. The highest BCUT2D eigenvalue weighted by atomic mass is 16.5. The Kier molecular flexibility index (Phi) is 2.75. The van der Waals surface area contributed by atoms with Crippen LogP contribution in [-0.4, -0.2) is 11.1 Å². The van der Waals surface area contributed by atoms with Gasteiger partial charge in [0.1, 0.15) is 12.3 Å². The quantitative estimate of drug-likeness (QED) is 0.755. The number of nitrogens with zero attached hydrogens (tertiary/aromatic N) is 2. The van der Waals surface area contributed by atoms with Gasteiger partial charge in [0.15, 0.2) is 5.69 Å². The van der Waals surface area contributed by atoms with Gasteiger partial charge in [0.05, 0.1) is 11.3 Å². The fourth-order valence-corrected chi connectivity index (χ4v) is 1.28. The van der Waals surface area contributed by atoms with Gasteiger partial charge in [-0.15, -0.1) is 0 Å². The van der Waals surface area contributed by atoms with Gasteiger partial charge < -0.3 is 15.6 Å². The molecule has 1 aromatic carbocycles. The molecule has 1 heterocycles. The van der Waals surface area contributed by atoms with Gasteiger partial charge in [-0.25, -0.2) is 0 Å². The number of benzene rings is 1. The number of hydrogen-bond donors (Lipinski definition) is 2. The minimum absolute atomic E-state index is 0.144. The zero-order valence-corrected chi connectivity index (χ0v) is 8.68. The summed E-state index contributed by atoms with van der Waals surface area (Å²) in [5.41, 5.74) is 6.82. The van der Waals surface area contributed by atoms with Crippen molar-refractivity contribution in [2.24, 2.45) is 0 Å². The summed E-state index contributed by atoms with van der Waals surface area (Å²) in [5.74, 6) is -0.444. The second-order valence-corrected chi connectivity index (χ2v) is 3.26. The van der Waals surface area contributed by atoms with Crippen molar-refractivity contribution in [3.8, 4) is 6.07 Å². The maximum absolute atomic E-state index is 11.7. The van der Waals surface area contributed by atoms with Crippen molar-refractivity contribution in [2.75, 3.05) is 11.1 Å². The van der Waals surface area contributed by atoms with E-state index < -0.39 is 5.91 Å². The molecule has 0 radical (unpaired) electrons. The predicted molar refractivity (Wildman–Crippen MR) is 60.0 cm³/mol.